The highest BCUT2D eigenvalue weighted by Crippen LogP contribution is 2.22. The van der Waals surface area contributed by atoms with Gasteiger partial charge in [0.15, 0.2) is 11.6 Å². The number of imidazole rings is 1. The molecule has 1 N–H and O–H groups in total. The summed E-state index contributed by atoms with van der Waals surface area (Å²) >= 11 is 0. The monoisotopic (exact) mass is 286 g/mol. The lowest BCUT2D eigenvalue weighted by Gasteiger charge is -2.08. The van der Waals surface area contributed by atoms with E-state index in [-0.39, 0.29) is 11.8 Å². The predicted molar refractivity (Wildman–Crippen MR) is 73.0 cm³/mol. The van der Waals surface area contributed by atoms with Gasteiger partial charge in [-0.25, -0.2) is 9.37 Å². The molecular formula is C13H11FN6O. The van der Waals surface area contributed by atoms with Crippen molar-refractivity contribution in [3.63, 3.8) is 0 Å². The number of rotatable bonds is 4. The average Bonchev–Trinajstić information content (AvgIpc) is 3.04. The van der Waals surface area contributed by atoms with E-state index in [0.29, 0.717) is 11.9 Å². The topological polar surface area (TPSA) is 77.8 Å². The standard InChI is InChI=1S/C13H11FN6O/c1-15-11-17-12(20-7-6-16-8-20)19-13(18-11)21-10-5-3-2-4-9(10)14/h2-8H,1H3,(H,15,17,18,19). The summed E-state index contributed by atoms with van der Waals surface area (Å²) in [4.78, 5) is 16.3. The van der Waals surface area contributed by atoms with E-state index in [1.54, 1.807) is 42.5 Å². The maximum absolute atomic E-state index is 13.6. The van der Waals surface area contributed by atoms with Crippen molar-refractivity contribution in [2.24, 2.45) is 0 Å². The van der Waals surface area contributed by atoms with E-state index >= 15 is 0 Å². The first-order valence-corrected chi connectivity index (χ1v) is 6.11. The fraction of sp³-hybridized carbons (Fsp3) is 0.0769. The molecule has 0 amide bonds. The highest BCUT2D eigenvalue weighted by molar-refractivity contribution is 5.32. The molecule has 0 atom stereocenters. The average molecular weight is 286 g/mol. The number of hydrogen-bond donors (Lipinski definition) is 1. The second-order valence-corrected chi connectivity index (χ2v) is 3.99. The maximum Gasteiger partial charge on any atom is 0.328 e. The SMILES string of the molecule is CNc1nc(Oc2ccccc2F)nc(-n2ccnc2)n1. The summed E-state index contributed by atoms with van der Waals surface area (Å²) < 4.78 is 20.6. The van der Waals surface area contributed by atoms with Crippen molar-refractivity contribution < 1.29 is 9.13 Å². The van der Waals surface area contributed by atoms with Gasteiger partial charge >= 0.3 is 6.01 Å². The Morgan fingerprint density at radius 1 is 1.19 bits per heavy atom. The normalized spacial score (nSPS) is 10.4. The molecule has 3 rings (SSSR count). The first-order chi connectivity index (χ1) is 10.3. The van der Waals surface area contributed by atoms with E-state index in [2.05, 4.69) is 25.3 Å². The Hall–Kier alpha value is -3.03. The number of nitrogens with zero attached hydrogens (tertiary/aromatic N) is 5. The van der Waals surface area contributed by atoms with Crippen molar-refractivity contribution >= 4 is 5.95 Å². The number of para-hydroxylation sites is 1. The molecule has 3 aromatic rings. The van der Waals surface area contributed by atoms with Gasteiger partial charge in [0.05, 0.1) is 0 Å². The van der Waals surface area contributed by atoms with Gasteiger partial charge in [0.2, 0.25) is 11.9 Å². The maximum atomic E-state index is 13.6. The number of ether oxygens (including phenoxy) is 1. The van der Waals surface area contributed by atoms with E-state index < -0.39 is 5.82 Å². The molecule has 0 unspecified atom stereocenters. The Morgan fingerprint density at radius 2 is 2.05 bits per heavy atom. The molecule has 7 nitrogen and oxygen atoms in total. The van der Waals surface area contributed by atoms with Crippen LogP contribution in [0.5, 0.6) is 11.8 Å². The summed E-state index contributed by atoms with van der Waals surface area (Å²) in [6.07, 6.45) is 4.82. The smallest absolute Gasteiger partial charge is 0.328 e. The Morgan fingerprint density at radius 3 is 2.76 bits per heavy atom. The summed E-state index contributed by atoms with van der Waals surface area (Å²) in [6.45, 7) is 0. The highest BCUT2D eigenvalue weighted by Gasteiger charge is 2.11. The molecule has 0 saturated carbocycles. The summed E-state index contributed by atoms with van der Waals surface area (Å²) in [5, 5.41) is 2.80. The number of hydrogen-bond acceptors (Lipinski definition) is 6. The highest BCUT2D eigenvalue weighted by atomic mass is 19.1. The number of anilines is 1. The molecule has 0 saturated heterocycles. The fourth-order valence-corrected chi connectivity index (χ4v) is 1.62. The molecule has 0 aliphatic carbocycles. The van der Waals surface area contributed by atoms with Crippen molar-refractivity contribution in [3.8, 4) is 17.7 Å². The summed E-state index contributed by atoms with van der Waals surface area (Å²) in [5.74, 6) is 0.175. The molecule has 0 fully saturated rings. The second-order valence-electron chi connectivity index (χ2n) is 3.99. The van der Waals surface area contributed by atoms with Gasteiger partial charge in [-0.15, -0.1) is 0 Å². The van der Waals surface area contributed by atoms with Gasteiger partial charge in [-0.1, -0.05) is 12.1 Å². The third kappa shape index (κ3) is 2.78. The van der Waals surface area contributed by atoms with Crippen LogP contribution >= 0.6 is 0 Å². The van der Waals surface area contributed by atoms with E-state index in [9.17, 15) is 4.39 Å². The molecule has 106 valence electrons. The predicted octanol–water partition coefficient (Wildman–Crippen LogP) is 2.03. The van der Waals surface area contributed by atoms with Crippen LogP contribution in [-0.4, -0.2) is 31.6 Å². The molecule has 8 heteroatoms. The molecule has 0 radical (unpaired) electrons. The zero-order valence-corrected chi connectivity index (χ0v) is 11.1. The summed E-state index contributed by atoms with van der Waals surface area (Å²) in [5.41, 5.74) is 0. The quantitative estimate of drug-likeness (QED) is 0.790. The molecule has 0 bridgehead atoms. The van der Waals surface area contributed by atoms with E-state index in [0.717, 1.165) is 0 Å². The Bertz CT molecular complexity index is 746. The van der Waals surface area contributed by atoms with Crippen molar-refractivity contribution in [2.75, 3.05) is 12.4 Å². The number of nitrogens with one attached hydrogen (secondary N) is 1. The number of halogens is 1. The van der Waals surface area contributed by atoms with Crippen LogP contribution in [0.1, 0.15) is 0 Å². The summed E-state index contributed by atoms with van der Waals surface area (Å²) in [6, 6.07) is 6.02. The fourth-order valence-electron chi connectivity index (χ4n) is 1.62. The van der Waals surface area contributed by atoms with Crippen LogP contribution in [-0.2, 0) is 0 Å². The molecule has 1 aromatic carbocycles. The minimum Gasteiger partial charge on any atom is -0.421 e. The molecule has 21 heavy (non-hydrogen) atoms. The Labute approximate surface area is 119 Å². The third-order valence-corrected chi connectivity index (χ3v) is 2.60. The van der Waals surface area contributed by atoms with Gasteiger partial charge in [0.25, 0.3) is 0 Å². The lowest BCUT2D eigenvalue weighted by molar-refractivity contribution is 0.409. The second kappa shape index (κ2) is 5.53. The van der Waals surface area contributed by atoms with Crippen molar-refractivity contribution in [1.29, 1.82) is 0 Å². The third-order valence-electron chi connectivity index (χ3n) is 2.60. The minimum absolute atomic E-state index is 0.0110. The Kier molecular flexibility index (Phi) is 3.42. The van der Waals surface area contributed by atoms with Crippen molar-refractivity contribution in [1.82, 2.24) is 24.5 Å². The van der Waals surface area contributed by atoms with Crippen LogP contribution in [0.15, 0.2) is 43.0 Å². The zero-order valence-electron chi connectivity index (χ0n) is 11.1. The lowest BCUT2D eigenvalue weighted by Crippen LogP contribution is -2.07. The minimum atomic E-state index is -0.492. The van der Waals surface area contributed by atoms with E-state index in [1.807, 2.05) is 0 Å². The van der Waals surface area contributed by atoms with Crippen molar-refractivity contribution in [2.45, 2.75) is 0 Å². The first-order valence-electron chi connectivity index (χ1n) is 6.11. The molecule has 0 spiro atoms. The van der Waals surface area contributed by atoms with Crippen LogP contribution < -0.4 is 10.1 Å². The largest absolute Gasteiger partial charge is 0.421 e. The van der Waals surface area contributed by atoms with Gasteiger partial charge in [0, 0.05) is 19.4 Å². The van der Waals surface area contributed by atoms with Crippen LogP contribution in [0.4, 0.5) is 10.3 Å². The summed E-state index contributed by atoms with van der Waals surface area (Å²) in [7, 11) is 1.67. The van der Waals surface area contributed by atoms with Gasteiger partial charge in [0.1, 0.15) is 6.33 Å². The molecule has 0 aliphatic rings. The molecule has 2 heterocycles. The molecule has 2 aromatic heterocycles. The number of benzene rings is 1. The lowest BCUT2D eigenvalue weighted by atomic mass is 10.3. The zero-order chi connectivity index (χ0) is 14.7. The van der Waals surface area contributed by atoms with Gasteiger partial charge < -0.3 is 10.1 Å². The van der Waals surface area contributed by atoms with Crippen LogP contribution in [0, 0.1) is 5.82 Å². The number of aromatic nitrogens is 5. The van der Waals surface area contributed by atoms with E-state index in [4.69, 9.17) is 4.74 Å². The van der Waals surface area contributed by atoms with Crippen molar-refractivity contribution in [3.05, 3.63) is 48.8 Å². The van der Waals surface area contributed by atoms with E-state index in [1.165, 1.54) is 12.1 Å². The molecular weight excluding hydrogens is 275 g/mol. The van der Waals surface area contributed by atoms with Gasteiger partial charge in [-0.3, -0.25) is 4.57 Å². The van der Waals surface area contributed by atoms with Crippen LogP contribution in [0.25, 0.3) is 5.95 Å². The van der Waals surface area contributed by atoms with Crippen LogP contribution in [0.3, 0.4) is 0 Å². The van der Waals surface area contributed by atoms with Gasteiger partial charge in [-0.05, 0) is 12.1 Å². The van der Waals surface area contributed by atoms with Gasteiger partial charge in [-0.2, -0.15) is 15.0 Å². The van der Waals surface area contributed by atoms with Crippen LogP contribution in [0.2, 0.25) is 0 Å². The molecule has 0 aliphatic heterocycles. The first kappa shape index (κ1) is 13.0. The Balaban J connectivity index is 1.99.